The van der Waals surface area contributed by atoms with Gasteiger partial charge in [-0.05, 0) is 35.4 Å². The zero-order valence-corrected chi connectivity index (χ0v) is 9.95. The minimum absolute atomic E-state index is 0.113. The van der Waals surface area contributed by atoms with Crippen LogP contribution < -0.4 is 4.74 Å². The highest BCUT2D eigenvalue weighted by molar-refractivity contribution is 5.79. The Kier molecular flexibility index (Phi) is 3.74. The molecule has 104 valence electrons. The molecule has 2 aromatic rings. The van der Waals surface area contributed by atoms with Crippen LogP contribution in [0.2, 0.25) is 0 Å². The molecule has 0 fully saturated rings. The van der Waals surface area contributed by atoms with Crippen LogP contribution in [0.25, 0.3) is 11.1 Å². The van der Waals surface area contributed by atoms with Gasteiger partial charge < -0.3 is 4.74 Å². The van der Waals surface area contributed by atoms with E-state index in [4.69, 9.17) is 0 Å². The van der Waals surface area contributed by atoms with Crippen molar-refractivity contribution in [2.24, 2.45) is 0 Å². The van der Waals surface area contributed by atoms with E-state index in [0.29, 0.717) is 17.4 Å². The Bertz CT molecular complexity index is 618. The topological polar surface area (TPSA) is 26.3 Å². The van der Waals surface area contributed by atoms with Crippen LogP contribution in [-0.2, 0) is 0 Å². The first-order valence-electron chi connectivity index (χ1n) is 5.50. The summed E-state index contributed by atoms with van der Waals surface area (Å²) in [5, 5.41) is 0. The molecule has 0 heterocycles. The van der Waals surface area contributed by atoms with Gasteiger partial charge in [-0.1, -0.05) is 18.2 Å². The van der Waals surface area contributed by atoms with Gasteiger partial charge in [0.25, 0.3) is 0 Å². The first kappa shape index (κ1) is 14.0. The zero-order valence-electron chi connectivity index (χ0n) is 9.95. The summed E-state index contributed by atoms with van der Waals surface area (Å²) >= 11 is 0. The molecular formula is C14H8F4O2. The Hall–Kier alpha value is -2.37. The van der Waals surface area contributed by atoms with E-state index < -0.39 is 12.2 Å². The molecule has 2 aromatic carbocycles. The number of benzene rings is 2. The van der Waals surface area contributed by atoms with E-state index >= 15 is 0 Å². The van der Waals surface area contributed by atoms with Crippen molar-refractivity contribution in [1.29, 1.82) is 0 Å². The van der Waals surface area contributed by atoms with Crippen LogP contribution in [0.1, 0.15) is 10.4 Å². The van der Waals surface area contributed by atoms with Gasteiger partial charge in [-0.25, -0.2) is 4.39 Å². The Balaban J connectivity index is 2.28. The summed E-state index contributed by atoms with van der Waals surface area (Å²) in [4.78, 5) is 10.6. The van der Waals surface area contributed by atoms with Gasteiger partial charge in [0.1, 0.15) is 11.6 Å². The quantitative estimate of drug-likeness (QED) is 0.623. The summed E-state index contributed by atoms with van der Waals surface area (Å²) in [6.07, 6.45) is -4.37. The Morgan fingerprint density at radius 1 is 0.950 bits per heavy atom. The van der Waals surface area contributed by atoms with E-state index in [2.05, 4.69) is 4.74 Å². The average Bonchev–Trinajstić information content (AvgIpc) is 2.38. The highest BCUT2D eigenvalue weighted by Crippen LogP contribution is 2.27. The number of carbonyl (C=O) groups excluding carboxylic acids is 1. The fourth-order valence-corrected chi connectivity index (χ4v) is 1.66. The van der Waals surface area contributed by atoms with Gasteiger partial charge in [0, 0.05) is 0 Å². The highest BCUT2D eigenvalue weighted by Gasteiger charge is 2.30. The molecule has 0 N–H and O–H groups in total. The van der Waals surface area contributed by atoms with Crippen molar-refractivity contribution in [1.82, 2.24) is 0 Å². The molecule has 20 heavy (non-hydrogen) atoms. The molecule has 0 amide bonds. The second-order valence-electron chi connectivity index (χ2n) is 3.93. The van der Waals surface area contributed by atoms with E-state index in [1.165, 1.54) is 24.3 Å². The van der Waals surface area contributed by atoms with Gasteiger partial charge in [-0.3, -0.25) is 4.79 Å². The van der Waals surface area contributed by atoms with Gasteiger partial charge in [0.15, 0.2) is 6.29 Å². The van der Waals surface area contributed by atoms with Crippen LogP contribution in [0.3, 0.4) is 0 Å². The molecule has 2 rings (SSSR count). The molecule has 0 aliphatic rings. The number of aldehydes is 1. The number of hydrogen-bond donors (Lipinski definition) is 0. The number of ether oxygens (including phenoxy) is 1. The molecule has 0 aromatic heterocycles. The summed E-state index contributed by atoms with van der Waals surface area (Å²) in [6, 6.07) is 8.95. The van der Waals surface area contributed by atoms with Crippen molar-refractivity contribution in [3.8, 4) is 16.9 Å². The monoisotopic (exact) mass is 284 g/mol. The minimum atomic E-state index is -4.75. The molecule has 2 nitrogen and oxygen atoms in total. The average molecular weight is 284 g/mol. The fourth-order valence-electron chi connectivity index (χ4n) is 1.66. The predicted molar refractivity (Wildman–Crippen MR) is 63.9 cm³/mol. The van der Waals surface area contributed by atoms with Crippen LogP contribution in [-0.4, -0.2) is 12.6 Å². The molecule has 0 atom stereocenters. The number of hydrogen-bond acceptors (Lipinski definition) is 2. The molecule has 0 aliphatic heterocycles. The number of carbonyl (C=O) groups is 1. The summed E-state index contributed by atoms with van der Waals surface area (Å²) < 4.78 is 52.9. The smallest absolute Gasteiger partial charge is 0.406 e. The molecule has 0 saturated carbocycles. The van der Waals surface area contributed by atoms with E-state index in [9.17, 15) is 22.4 Å². The molecule has 0 bridgehead atoms. The number of rotatable bonds is 3. The molecule has 0 radical (unpaired) electrons. The molecule has 0 aliphatic carbocycles. The number of alkyl halides is 3. The molecule has 0 saturated heterocycles. The van der Waals surface area contributed by atoms with Gasteiger partial charge >= 0.3 is 6.36 Å². The predicted octanol–water partition coefficient (Wildman–Crippen LogP) is 4.20. The van der Waals surface area contributed by atoms with Gasteiger partial charge in [0.05, 0.1) is 5.56 Å². The van der Waals surface area contributed by atoms with Gasteiger partial charge in [-0.15, -0.1) is 13.2 Å². The van der Waals surface area contributed by atoms with Crippen LogP contribution in [0.5, 0.6) is 5.75 Å². The van der Waals surface area contributed by atoms with E-state index in [1.54, 1.807) is 0 Å². The van der Waals surface area contributed by atoms with Crippen molar-refractivity contribution in [2.75, 3.05) is 0 Å². The molecule has 0 spiro atoms. The van der Waals surface area contributed by atoms with Gasteiger partial charge in [-0.2, -0.15) is 0 Å². The third kappa shape index (κ3) is 3.34. The lowest BCUT2D eigenvalue weighted by Crippen LogP contribution is -2.16. The fraction of sp³-hybridized carbons (Fsp3) is 0.0714. The summed E-state index contributed by atoms with van der Waals surface area (Å²) in [6.45, 7) is 0. The van der Waals surface area contributed by atoms with Crippen molar-refractivity contribution in [2.45, 2.75) is 6.36 Å². The first-order valence-corrected chi connectivity index (χ1v) is 5.50. The largest absolute Gasteiger partial charge is 0.573 e. The van der Waals surface area contributed by atoms with Crippen LogP contribution in [0.15, 0.2) is 42.5 Å². The van der Waals surface area contributed by atoms with Crippen LogP contribution in [0.4, 0.5) is 17.6 Å². The second-order valence-corrected chi connectivity index (χ2v) is 3.93. The molecule has 6 heteroatoms. The Morgan fingerprint density at radius 3 is 2.10 bits per heavy atom. The van der Waals surface area contributed by atoms with Crippen molar-refractivity contribution in [3.63, 3.8) is 0 Å². The maximum atomic E-state index is 13.2. The van der Waals surface area contributed by atoms with Crippen LogP contribution in [0, 0.1) is 5.82 Å². The van der Waals surface area contributed by atoms with E-state index in [-0.39, 0.29) is 11.3 Å². The maximum Gasteiger partial charge on any atom is 0.573 e. The second kappa shape index (κ2) is 5.32. The SMILES string of the molecule is O=Cc1cc(-c2ccc(OC(F)(F)F)cc2)ccc1F. The Morgan fingerprint density at radius 2 is 1.55 bits per heavy atom. The molecular weight excluding hydrogens is 276 g/mol. The van der Waals surface area contributed by atoms with Crippen LogP contribution >= 0.6 is 0 Å². The van der Waals surface area contributed by atoms with Crippen molar-refractivity contribution < 1.29 is 27.1 Å². The lowest BCUT2D eigenvalue weighted by Gasteiger charge is -2.09. The summed E-state index contributed by atoms with van der Waals surface area (Å²) in [5.74, 6) is -1.00. The Labute approximate surface area is 111 Å². The first-order chi connectivity index (χ1) is 9.39. The third-order valence-corrected chi connectivity index (χ3v) is 2.54. The zero-order chi connectivity index (χ0) is 14.8. The van der Waals surface area contributed by atoms with Crippen molar-refractivity contribution in [3.05, 3.63) is 53.8 Å². The molecule has 0 unspecified atom stereocenters. The lowest BCUT2D eigenvalue weighted by molar-refractivity contribution is -0.274. The summed E-state index contributed by atoms with van der Waals surface area (Å²) in [5.41, 5.74) is 0.952. The number of halogens is 4. The minimum Gasteiger partial charge on any atom is -0.406 e. The standard InChI is InChI=1S/C14H8F4O2/c15-13-6-3-10(7-11(13)8-19)9-1-4-12(5-2-9)20-14(16,17)18/h1-8H. The highest BCUT2D eigenvalue weighted by atomic mass is 19.4. The van der Waals surface area contributed by atoms with E-state index in [0.717, 1.165) is 18.2 Å². The summed E-state index contributed by atoms with van der Waals surface area (Å²) in [7, 11) is 0. The third-order valence-electron chi connectivity index (χ3n) is 2.54. The van der Waals surface area contributed by atoms with Crippen molar-refractivity contribution >= 4 is 6.29 Å². The van der Waals surface area contributed by atoms with Gasteiger partial charge in [0.2, 0.25) is 0 Å². The normalized spacial score (nSPS) is 11.2. The maximum absolute atomic E-state index is 13.2. The lowest BCUT2D eigenvalue weighted by atomic mass is 10.0. The van der Waals surface area contributed by atoms with E-state index in [1.807, 2.05) is 0 Å².